The molecule has 0 N–H and O–H groups in total. The first kappa shape index (κ1) is 21.3. The van der Waals surface area contributed by atoms with Gasteiger partial charge in [-0.2, -0.15) is 5.10 Å². The van der Waals surface area contributed by atoms with Crippen LogP contribution in [0.15, 0.2) is 18.3 Å². The molecule has 0 radical (unpaired) electrons. The van der Waals surface area contributed by atoms with Crippen molar-refractivity contribution < 1.29 is 9.53 Å². The molecule has 7 nitrogen and oxygen atoms in total. The SMILES string of the molecule is Cc1nn(C)c(C)c1CCCN(C)C(=O)CCc1ccnc(N2CCOCC2)c1. The van der Waals surface area contributed by atoms with E-state index in [9.17, 15) is 4.79 Å². The summed E-state index contributed by atoms with van der Waals surface area (Å²) in [5, 5.41) is 4.47. The van der Waals surface area contributed by atoms with E-state index >= 15 is 0 Å². The molecule has 3 rings (SSSR count). The van der Waals surface area contributed by atoms with Crippen LogP contribution in [-0.4, -0.2) is 65.5 Å². The third-order valence-corrected chi connectivity index (χ3v) is 5.78. The van der Waals surface area contributed by atoms with E-state index in [1.807, 2.05) is 35.9 Å². The molecule has 0 unspecified atom stereocenters. The van der Waals surface area contributed by atoms with E-state index < -0.39 is 0 Å². The third-order valence-electron chi connectivity index (χ3n) is 5.78. The van der Waals surface area contributed by atoms with Crippen molar-refractivity contribution in [2.45, 2.75) is 39.5 Å². The summed E-state index contributed by atoms with van der Waals surface area (Å²) < 4.78 is 7.34. The number of carbonyl (C=O) groups excluding carboxylic acids is 1. The molecule has 1 aliphatic heterocycles. The van der Waals surface area contributed by atoms with E-state index in [0.29, 0.717) is 6.42 Å². The second-order valence-corrected chi connectivity index (χ2v) is 7.81. The van der Waals surface area contributed by atoms with Gasteiger partial charge < -0.3 is 14.5 Å². The van der Waals surface area contributed by atoms with Crippen molar-refractivity contribution in [3.05, 3.63) is 40.8 Å². The molecule has 1 saturated heterocycles. The van der Waals surface area contributed by atoms with Crippen molar-refractivity contribution in [3.8, 4) is 0 Å². The van der Waals surface area contributed by atoms with Crippen molar-refractivity contribution in [3.63, 3.8) is 0 Å². The summed E-state index contributed by atoms with van der Waals surface area (Å²) in [5.41, 5.74) is 4.77. The first-order valence-electron chi connectivity index (χ1n) is 10.5. The number of carbonyl (C=O) groups is 1. The number of pyridine rings is 1. The molecule has 3 heterocycles. The van der Waals surface area contributed by atoms with E-state index in [1.165, 1.54) is 11.3 Å². The highest BCUT2D eigenvalue weighted by atomic mass is 16.5. The number of anilines is 1. The fourth-order valence-corrected chi connectivity index (χ4v) is 3.82. The summed E-state index contributed by atoms with van der Waals surface area (Å²) in [7, 11) is 3.88. The Hall–Kier alpha value is -2.41. The van der Waals surface area contributed by atoms with Crippen LogP contribution in [0.3, 0.4) is 0 Å². The largest absolute Gasteiger partial charge is 0.378 e. The lowest BCUT2D eigenvalue weighted by atomic mass is 10.1. The highest BCUT2D eigenvalue weighted by molar-refractivity contribution is 5.76. The van der Waals surface area contributed by atoms with Crippen LogP contribution in [-0.2, 0) is 29.4 Å². The summed E-state index contributed by atoms with van der Waals surface area (Å²) in [4.78, 5) is 21.1. The minimum Gasteiger partial charge on any atom is -0.378 e. The Balaban J connectivity index is 1.45. The Morgan fingerprint density at radius 2 is 2.00 bits per heavy atom. The predicted molar refractivity (Wildman–Crippen MR) is 114 cm³/mol. The predicted octanol–water partition coefficient (Wildman–Crippen LogP) is 2.29. The number of aryl methyl sites for hydroxylation is 3. The zero-order chi connectivity index (χ0) is 20.8. The average Bonchev–Trinajstić information content (AvgIpc) is 2.98. The summed E-state index contributed by atoms with van der Waals surface area (Å²) >= 11 is 0. The van der Waals surface area contributed by atoms with Gasteiger partial charge in [-0.3, -0.25) is 9.48 Å². The fraction of sp³-hybridized carbons (Fsp3) is 0.591. The van der Waals surface area contributed by atoms with E-state index in [-0.39, 0.29) is 5.91 Å². The lowest BCUT2D eigenvalue weighted by Crippen LogP contribution is -2.36. The normalized spacial score (nSPS) is 14.3. The zero-order valence-electron chi connectivity index (χ0n) is 18.1. The Morgan fingerprint density at radius 1 is 1.24 bits per heavy atom. The third kappa shape index (κ3) is 5.56. The van der Waals surface area contributed by atoms with Crippen LogP contribution >= 0.6 is 0 Å². The molecule has 0 saturated carbocycles. The van der Waals surface area contributed by atoms with Crippen LogP contribution in [0.1, 0.15) is 35.4 Å². The lowest BCUT2D eigenvalue weighted by Gasteiger charge is -2.28. The van der Waals surface area contributed by atoms with Crippen LogP contribution in [0.4, 0.5) is 5.82 Å². The molecule has 0 bridgehead atoms. The van der Waals surface area contributed by atoms with Crippen molar-refractivity contribution in [2.75, 3.05) is 44.8 Å². The van der Waals surface area contributed by atoms with Crippen molar-refractivity contribution in [2.24, 2.45) is 7.05 Å². The molecule has 7 heteroatoms. The molecule has 0 aliphatic carbocycles. The van der Waals surface area contributed by atoms with Crippen LogP contribution in [0.25, 0.3) is 0 Å². The molecular weight excluding hydrogens is 366 g/mol. The lowest BCUT2D eigenvalue weighted by molar-refractivity contribution is -0.129. The Morgan fingerprint density at radius 3 is 2.69 bits per heavy atom. The summed E-state index contributed by atoms with van der Waals surface area (Å²) in [6.45, 7) is 8.14. The summed E-state index contributed by atoms with van der Waals surface area (Å²) in [5.74, 6) is 1.17. The van der Waals surface area contributed by atoms with E-state index in [4.69, 9.17) is 4.74 Å². The molecule has 0 atom stereocenters. The highest BCUT2D eigenvalue weighted by Crippen LogP contribution is 2.16. The Labute approximate surface area is 173 Å². The van der Waals surface area contributed by atoms with Crippen LogP contribution in [0.2, 0.25) is 0 Å². The standard InChI is InChI=1S/C22H33N5O2/c1-17-20(18(2)26(4)24-17)6-5-11-25(3)22(28)8-7-19-9-10-23-21(16-19)27-12-14-29-15-13-27/h9-10,16H,5-8,11-15H2,1-4H3. The van der Waals surface area contributed by atoms with Crippen molar-refractivity contribution in [1.82, 2.24) is 19.7 Å². The monoisotopic (exact) mass is 399 g/mol. The molecule has 0 spiro atoms. The number of aromatic nitrogens is 3. The summed E-state index contributed by atoms with van der Waals surface area (Å²) in [6.07, 6.45) is 5.01. The minimum absolute atomic E-state index is 0.189. The van der Waals surface area contributed by atoms with Gasteiger partial charge in [-0.05, 0) is 56.4 Å². The number of hydrogen-bond acceptors (Lipinski definition) is 5. The van der Waals surface area contributed by atoms with Gasteiger partial charge in [0, 0.05) is 52.0 Å². The average molecular weight is 400 g/mol. The number of morpholine rings is 1. The number of nitrogens with zero attached hydrogens (tertiary/aromatic N) is 5. The zero-order valence-corrected chi connectivity index (χ0v) is 18.1. The maximum Gasteiger partial charge on any atom is 0.222 e. The van der Waals surface area contributed by atoms with E-state index in [1.54, 1.807) is 0 Å². The van der Waals surface area contributed by atoms with Gasteiger partial charge in [-0.1, -0.05) is 0 Å². The first-order chi connectivity index (χ1) is 14.0. The fourth-order valence-electron chi connectivity index (χ4n) is 3.82. The second-order valence-electron chi connectivity index (χ2n) is 7.81. The van der Waals surface area contributed by atoms with Gasteiger partial charge in [0.05, 0.1) is 18.9 Å². The van der Waals surface area contributed by atoms with Crippen molar-refractivity contribution in [1.29, 1.82) is 0 Å². The maximum absolute atomic E-state index is 12.6. The quantitative estimate of drug-likeness (QED) is 0.682. The molecule has 1 aliphatic rings. The number of hydrogen-bond donors (Lipinski definition) is 0. The molecule has 2 aromatic rings. The van der Waals surface area contributed by atoms with Crippen LogP contribution in [0, 0.1) is 13.8 Å². The second kappa shape index (κ2) is 9.87. The first-order valence-corrected chi connectivity index (χ1v) is 10.5. The van der Waals surface area contributed by atoms with Gasteiger partial charge in [0.25, 0.3) is 0 Å². The Bertz CT molecular complexity index is 827. The van der Waals surface area contributed by atoms with Gasteiger partial charge in [0.15, 0.2) is 0 Å². The van der Waals surface area contributed by atoms with Gasteiger partial charge in [0.1, 0.15) is 5.82 Å². The van der Waals surface area contributed by atoms with E-state index in [2.05, 4.69) is 34.9 Å². The van der Waals surface area contributed by atoms with Crippen molar-refractivity contribution >= 4 is 11.7 Å². The van der Waals surface area contributed by atoms with E-state index in [0.717, 1.165) is 69.2 Å². The number of amides is 1. The van der Waals surface area contributed by atoms with Gasteiger partial charge in [-0.25, -0.2) is 4.98 Å². The molecular formula is C22H33N5O2. The number of rotatable bonds is 8. The molecule has 0 aromatic carbocycles. The van der Waals surface area contributed by atoms with Gasteiger partial charge in [0.2, 0.25) is 5.91 Å². The van der Waals surface area contributed by atoms with Crippen LogP contribution in [0.5, 0.6) is 0 Å². The Kier molecular flexibility index (Phi) is 7.25. The topological polar surface area (TPSA) is 63.5 Å². The maximum atomic E-state index is 12.6. The minimum atomic E-state index is 0.189. The molecule has 1 amide bonds. The smallest absolute Gasteiger partial charge is 0.222 e. The molecule has 158 valence electrons. The van der Waals surface area contributed by atoms with Gasteiger partial charge >= 0.3 is 0 Å². The number of ether oxygens (including phenoxy) is 1. The van der Waals surface area contributed by atoms with Gasteiger partial charge in [-0.15, -0.1) is 0 Å². The highest BCUT2D eigenvalue weighted by Gasteiger charge is 2.14. The molecule has 1 fully saturated rings. The van der Waals surface area contributed by atoms with Crippen LogP contribution < -0.4 is 4.90 Å². The molecule has 29 heavy (non-hydrogen) atoms. The molecule has 2 aromatic heterocycles. The summed E-state index contributed by atoms with van der Waals surface area (Å²) in [6, 6.07) is 4.11.